The Bertz CT molecular complexity index is 483. The highest BCUT2D eigenvalue weighted by Crippen LogP contribution is 2.06. The van der Waals surface area contributed by atoms with Gasteiger partial charge in [-0.3, -0.25) is 4.79 Å². The fourth-order valence-corrected chi connectivity index (χ4v) is 1.46. The van der Waals surface area contributed by atoms with Gasteiger partial charge in [0.15, 0.2) is 0 Å². The van der Waals surface area contributed by atoms with Crippen LogP contribution < -0.4 is 5.32 Å². The zero-order valence-corrected chi connectivity index (χ0v) is 10.3. The summed E-state index contributed by atoms with van der Waals surface area (Å²) in [5.74, 6) is 0.801. The number of carbonyl (C=O) groups excluding carboxylic acids is 1. The average molecular weight is 245 g/mol. The number of rotatable bonds is 4. The van der Waals surface area contributed by atoms with Crippen LogP contribution in [0.2, 0.25) is 0 Å². The lowest BCUT2D eigenvalue weighted by atomic mass is 10.0. The van der Waals surface area contributed by atoms with Gasteiger partial charge < -0.3 is 10.4 Å². The topological polar surface area (TPSA) is 66.4 Å². The van der Waals surface area contributed by atoms with E-state index in [0.29, 0.717) is 11.1 Å². The molecule has 1 atom stereocenters. The number of amides is 1. The van der Waals surface area contributed by atoms with Crippen molar-refractivity contribution >= 4 is 11.9 Å². The van der Waals surface area contributed by atoms with Crippen molar-refractivity contribution in [2.24, 2.45) is 5.92 Å². The molecule has 0 aliphatic carbocycles. The molecule has 0 unspecified atom stereocenters. The molecule has 2 N–H and O–H groups in total. The third-order valence-electron chi connectivity index (χ3n) is 2.53. The van der Waals surface area contributed by atoms with E-state index in [9.17, 15) is 9.59 Å². The van der Waals surface area contributed by atoms with Gasteiger partial charge in [-0.1, -0.05) is 19.8 Å². The van der Waals surface area contributed by atoms with Crippen LogP contribution >= 0.6 is 0 Å². The van der Waals surface area contributed by atoms with Gasteiger partial charge in [0.1, 0.15) is 6.04 Å². The van der Waals surface area contributed by atoms with Crippen molar-refractivity contribution in [1.82, 2.24) is 5.32 Å². The molecule has 1 amide bonds. The number of aliphatic carboxylic acids is 1. The lowest BCUT2D eigenvalue weighted by Gasteiger charge is -2.17. The minimum atomic E-state index is -1.04. The van der Waals surface area contributed by atoms with E-state index in [1.54, 1.807) is 38.1 Å². The lowest BCUT2D eigenvalue weighted by molar-refractivity contribution is -0.140. The maximum Gasteiger partial charge on any atom is 0.326 e. The number of nitrogens with one attached hydrogen (secondary N) is 1. The predicted octanol–water partition coefficient (Wildman–Crippen LogP) is 1.51. The fraction of sp³-hybridized carbons (Fsp3) is 0.286. The zero-order valence-electron chi connectivity index (χ0n) is 10.3. The summed E-state index contributed by atoms with van der Waals surface area (Å²) in [5, 5.41) is 11.5. The Morgan fingerprint density at radius 2 is 1.83 bits per heavy atom. The first-order chi connectivity index (χ1) is 8.45. The Balaban J connectivity index is 2.81. The first kappa shape index (κ1) is 13.8. The van der Waals surface area contributed by atoms with E-state index in [1.807, 2.05) is 0 Å². The van der Waals surface area contributed by atoms with E-state index in [1.165, 1.54) is 0 Å². The molecule has 0 aromatic heterocycles. The molecule has 0 radical (unpaired) electrons. The summed E-state index contributed by atoms with van der Waals surface area (Å²) < 4.78 is 0. The van der Waals surface area contributed by atoms with Crippen LogP contribution in [0.4, 0.5) is 0 Å². The van der Waals surface area contributed by atoms with Gasteiger partial charge in [0.05, 0.1) is 0 Å². The van der Waals surface area contributed by atoms with E-state index < -0.39 is 17.9 Å². The van der Waals surface area contributed by atoms with Gasteiger partial charge in [0.2, 0.25) is 0 Å². The number of carbonyl (C=O) groups is 2. The number of hydrogen-bond donors (Lipinski definition) is 2. The molecule has 4 heteroatoms. The van der Waals surface area contributed by atoms with Crippen molar-refractivity contribution in [2.45, 2.75) is 19.9 Å². The molecule has 0 spiro atoms. The third-order valence-corrected chi connectivity index (χ3v) is 2.53. The van der Waals surface area contributed by atoms with Crippen LogP contribution in [-0.4, -0.2) is 23.0 Å². The molecule has 1 rings (SSSR count). The highest BCUT2D eigenvalue weighted by atomic mass is 16.4. The van der Waals surface area contributed by atoms with Gasteiger partial charge in [-0.25, -0.2) is 4.79 Å². The molecule has 1 aromatic rings. The standard InChI is InChI=1S/C14H15NO3/c1-4-10-5-7-11(8-6-10)13(16)15-12(9(2)3)14(17)18/h1,5-9,12H,2-3H3,(H,15,16)(H,17,18)/t12-/m0/s1. The van der Waals surface area contributed by atoms with Crippen molar-refractivity contribution in [2.75, 3.05) is 0 Å². The van der Waals surface area contributed by atoms with E-state index in [-0.39, 0.29) is 5.92 Å². The molecule has 1 aromatic carbocycles. The van der Waals surface area contributed by atoms with E-state index >= 15 is 0 Å². The van der Waals surface area contributed by atoms with Gasteiger partial charge in [0, 0.05) is 11.1 Å². The van der Waals surface area contributed by atoms with Gasteiger partial charge in [-0.15, -0.1) is 6.42 Å². The maximum atomic E-state index is 11.8. The smallest absolute Gasteiger partial charge is 0.326 e. The van der Waals surface area contributed by atoms with E-state index in [2.05, 4.69) is 11.2 Å². The fourth-order valence-electron chi connectivity index (χ4n) is 1.46. The van der Waals surface area contributed by atoms with Gasteiger partial charge in [-0.05, 0) is 30.2 Å². The molecule has 0 aliphatic heterocycles. The van der Waals surface area contributed by atoms with Crippen molar-refractivity contribution in [3.63, 3.8) is 0 Å². The molecule has 4 nitrogen and oxygen atoms in total. The van der Waals surface area contributed by atoms with Crippen LogP contribution in [0.15, 0.2) is 24.3 Å². The van der Waals surface area contributed by atoms with Gasteiger partial charge in [0.25, 0.3) is 5.91 Å². The minimum absolute atomic E-state index is 0.184. The second kappa shape index (κ2) is 5.87. The second-order valence-electron chi connectivity index (χ2n) is 4.26. The summed E-state index contributed by atoms with van der Waals surface area (Å²) >= 11 is 0. The maximum absolute atomic E-state index is 11.8. The average Bonchev–Trinajstić information content (AvgIpc) is 2.35. The second-order valence-corrected chi connectivity index (χ2v) is 4.26. The van der Waals surface area contributed by atoms with E-state index in [0.717, 1.165) is 0 Å². The van der Waals surface area contributed by atoms with Crippen LogP contribution in [-0.2, 0) is 4.79 Å². The number of carboxylic acid groups (broad SMARTS) is 1. The molecule has 18 heavy (non-hydrogen) atoms. The summed E-state index contributed by atoms with van der Waals surface area (Å²) in [7, 11) is 0. The summed E-state index contributed by atoms with van der Waals surface area (Å²) in [4.78, 5) is 22.8. The normalized spacial score (nSPS) is 11.7. The first-order valence-electron chi connectivity index (χ1n) is 5.56. The van der Waals surface area contributed by atoms with Crippen molar-refractivity contribution in [1.29, 1.82) is 0 Å². The third kappa shape index (κ3) is 3.36. The SMILES string of the molecule is C#Cc1ccc(C(=O)N[C@H](C(=O)O)C(C)C)cc1. The number of hydrogen-bond acceptors (Lipinski definition) is 2. The quantitative estimate of drug-likeness (QED) is 0.790. The van der Waals surface area contributed by atoms with E-state index in [4.69, 9.17) is 11.5 Å². The van der Waals surface area contributed by atoms with Crippen LogP contribution in [0.5, 0.6) is 0 Å². The highest BCUT2D eigenvalue weighted by Gasteiger charge is 2.23. The number of carboxylic acids is 1. The first-order valence-corrected chi connectivity index (χ1v) is 5.56. The minimum Gasteiger partial charge on any atom is -0.480 e. The van der Waals surface area contributed by atoms with Crippen molar-refractivity contribution < 1.29 is 14.7 Å². The predicted molar refractivity (Wildman–Crippen MR) is 68.1 cm³/mol. The van der Waals surface area contributed by atoms with Crippen LogP contribution in [0, 0.1) is 18.3 Å². The number of benzene rings is 1. The summed E-state index contributed by atoms with van der Waals surface area (Å²) in [5.41, 5.74) is 1.06. The number of terminal acetylenes is 1. The Morgan fingerprint density at radius 1 is 1.28 bits per heavy atom. The Hall–Kier alpha value is -2.28. The molecule has 0 saturated carbocycles. The summed E-state index contributed by atoms with van der Waals surface area (Å²) in [6.07, 6.45) is 5.21. The van der Waals surface area contributed by atoms with Crippen LogP contribution in [0.25, 0.3) is 0 Å². The monoisotopic (exact) mass is 245 g/mol. The molecular weight excluding hydrogens is 230 g/mol. The molecule has 0 bridgehead atoms. The Labute approximate surface area is 106 Å². The molecule has 0 heterocycles. The van der Waals surface area contributed by atoms with Crippen molar-refractivity contribution in [3.05, 3.63) is 35.4 Å². The zero-order chi connectivity index (χ0) is 13.7. The Kier molecular flexibility index (Phi) is 4.50. The van der Waals surface area contributed by atoms with Crippen molar-refractivity contribution in [3.8, 4) is 12.3 Å². The van der Waals surface area contributed by atoms with Gasteiger partial charge in [-0.2, -0.15) is 0 Å². The molecule has 0 aliphatic rings. The van der Waals surface area contributed by atoms with Crippen LogP contribution in [0.1, 0.15) is 29.8 Å². The molecular formula is C14H15NO3. The highest BCUT2D eigenvalue weighted by molar-refractivity contribution is 5.96. The van der Waals surface area contributed by atoms with Gasteiger partial charge >= 0.3 is 5.97 Å². The lowest BCUT2D eigenvalue weighted by Crippen LogP contribution is -2.44. The summed E-state index contributed by atoms with van der Waals surface area (Å²) in [6, 6.07) is 5.53. The van der Waals surface area contributed by atoms with Crippen LogP contribution in [0.3, 0.4) is 0 Å². The Morgan fingerprint density at radius 3 is 2.22 bits per heavy atom. The molecule has 94 valence electrons. The molecule has 0 fully saturated rings. The largest absolute Gasteiger partial charge is 0.480 e. The molecule has 0 saturated heterocycles. The summed E-state index contributed by atoms with van der Waals surface area (Å²) in [6.45, 7) is 3.47.